The Kier molecular flexibility index (Phi) is 3.48. The van der Waals surface area contributed by atoms with Crippen LogP contribution in [0.25, 0.3) is 4.72 Å². The number of nitrogen functional groups attached to an aromatic ring is 1. The van der Waals surface area contributed by atoms with Gasteiger partial charge in [-0.05, 0) is 30.7 Å². The minimum absolute atomic E-state index is 0.0879. The van der Waals surface area contributed by atoms with Crippen LogP contribution in [0.1, 0.15) is 11.9 Å². The largest absolute Gasteiger partial charge is 0.399 e. The third kappa shape index (κ3) is 2.77. The van der Waals surface area contributed by atoms with Gasteiger partial charge in [0.05, 0.1) is 9.90 Å². The van der Waals surface area contributed by atoms with Gasteiger partial charge >= 0.3 is 0 Å². The van der Waals surface area contributed by atoms with Gasteiger partial charge in [-0.3, -0.25) is 5.10 Å². The zero-order valence-electron chi connectivity index (χ0n) is 9.57. The summed E-state index contributed by atoms with van der Waals surface area (Å²) in [6.07, 6.45) is 0.703. The van der Waals surface area contributed by atoms with Crippen LogP contribution < -0.4 is 5.73 Å². The van der Waals surface area contributed by atoms with E-state index >= 15 is 0 Å². The molecule has 6 nitrogen and oxygen atoms in total. The van der Waals surface area contributed by atoms with Crippen LogP contribution in [0.5, 0.6) is 0 Å². The summed E-state index contributed by atoms with van der Waals surface area (Å²) in [7, 11) is -3.75. The third-order valence-electron chi connectivity index (χ3n) is 2.13. The van der Waals surface area contributed by atoms with Gasteiger partial charge in [-0.15, -0.1) is 11.3 Å². The number of hydrogen-bond donors (Lipinski definition) is 1. The van der Waals surface area contributed by atoms with Crippen LogP contribution in [0.4, 0.5) is 10.8 Å². The van der Waals surface area contributed by atoms with E-state index in [-0.39, 0.29) is 10.0 Å². The highest BCUT2D eigenvalue weighted by Gasteiger charge is 2.10. The van der Waals surface area contributed by atoms with Crippen molar-refractivity contribution in [2.75, 3.05) is 5.73 Å². The van der Waals surface area contributed by atoms with E-state index in [1.807, 2.05) is 6.92 Å². The van der Waals surface area contributed by atoms with Crippen molar-refractivity contribution in [1.29, 1.82) is 0 Å². The lowest BCUT2D eigenvalue weighted by Crippen LogP contribution is -1.97. The Morgan fingerprint density at radius 3 is 2.50 bits per heavy atom. The first-order chi connectivity index (χ1) is 8.51. The lowest BCUT2D eigenvalue weighted by atomic mass is 10.3. The van der Waals surface area contributed by atoms with Crippen molar-refractivity contribution in [3.63, 3.8) is 0 Å². The van der Waals surface area contributed by atoms with Crippen molar-refractivity contribution in [3.05, 3.63) is 34.0 Å². The van der Waals surface area contributed by atoms with Gasteiger partial charge in [0.15, 0.2) is 0 Å². The summed E-state index contributed by atoms with van der Waals surface area (Å²) in [5.41, 5.74) is 6.00. The average Bonchev–Trinajstić information content (AvgIpc) is 2.76. The SMILES string of the molecule is CCc1nnc([N-]S(=O)(=O)c2ccc(N)cc2)s1. The van der Waals surface area contributed by atoms with Gasteiger partial charge < -0.3 is 15.6 Å². The van der Waals surface area contributed by atoms with Gasteiger partial charge in [-0.2, -0.15) is 0 Å². The topological polar surface area (TPSA) is 100 Å². The molecule has 8 heteroatoms. The highest BCUT2D eigenvalue weighted by Crippen LogP contribution is 2.30. The third-order valence-corrected chi connectivity index (χ3v) is 4.49. The standard InChI is InChI=1S/C10H11N4O2S2/c1-2-9-12-13-10(17-9)14-18(15,16)8-5-3-7(11)4-6-8/h3-6H,2,11H2,1H3/q-1. The molecule has 2 N–H and O–H groups in total. The van der Waals surface area contributed by atoms with Gasteiger partial charge in [-0.1, -0.05) is 6.92 Å². The van der Waals surface area contributed by atoms with Gasteiger partial charge in [0.25, 0.3) is 0 Å². The fraction of sp³-hybridized carbons (Fsp3) is 0.200. The molecule has 18 heavy (non-hydrogen) atoms. The first kappa shape index (κ1) is 12.8. The Labute approximate surface area is 109 Å². The van der Waals surface area contributed by atoms with Crippen LogP contribution in [0.3, 0.4) is 0 Å². The van der Waals surface area contributed by atoms with Crippen LogP contribution in [0, 0.1) is 0 Å². The van der Waals surface area contributed by atoms with Crippen molar-refractivity contribution in [2.45, 2.75) is 18.2 Å². The van der Waals surface area contributed by atoms with E-state index in [0.29, 0.717) is 12.1 Å². The predicted octanol–water partition coefficient (Wildman–Crippen LogP) is 2.08. The predicted molar refractivity (Wildman–Crippen MR) is 70.3 cm³/mol. The van der Waals surface area contributed by atoms with Crippen LogP contribution in [-0.4, -0.2) is 18.6 Å². The van der Waals surface area contributed by atoms with Crippen molar-refractivity contribution in [3.8, 4) is 0 Å². The van der Waals surface area contributed by atoms with Crippen LogP contribution >= 0.6 is 11.3 Å². The van der Waals surface area contributed by atoms with E-state index in [0.717, 1.165) is 16.3 Å². The monoisotopic (exact) mass is 283 g/mol. The number of nitrogens with two attached hydrogens (primary N) is 1. The smallest absolute Gasteiger partial charge is 0.203 e. The fourth-order valence-electron chi connectivity index (χ4n) is 1.22. The molecule has 1 heterocycles. The number of anilines is 1. The molecule has 1 aromatic heterocycles. The van der Waals surface area contributed by atoms with E-state index in [9.17, 15) is 8.42 Å². The second-order valence-electron chi connectivity index (χ2n) is 3.47. The molecule has 96 valence electrons. The molecule has 0 atom stereocenters. The molecule has 0 aliphatic rings. The quantitative estimate of drug-likeness (QED) is 0.866. The number of nitrogens with zero attached hydrogens (tertiary/aromatic N) is 3. The molecule has 0 radical (unpaired) electrons. The molecule has 0 fully saturated rings. The summed E-state index contributed by atoms with van der Waals surface area (Å²) < 4.78 is 27.5. The number of hydrogen-bond acceptors (Lipinski definition) is 6. The first-order valence-electron chi connectivity index (χ1n) is 5.17. The van der Waals surface area contributed by atoms with Crippen LogP contribution in [-0.2, 0) is 16.4 Å². The fourth-order valence-corrected chi connectivity index (χ4v) is 3.01. The minimum Gasteiger partial charge on any atom is -0.399 e. The number of benzene rings is 1. The van der Waals surface area contributed by atoms with Crippen molar-refractivity contribution in [1.82, 2.24) is 10.2 Å². The Morgan fingerprint density at radius 1 is 1.28 bits per heavy atom. The second-order valence-corrected chi connectivity index (χ2v) is 6.11. The van der Waals surface area contributed by atoms with E-state index in [1.54, 1.807) is 0 Å². The maximum Gasteiger partial charge on any atom is 0.203 e. The zero-order chi connectivity index (χ0) is 13.2. The normalized spacial score (nSPS) is 11.4. The summed E-state index contributed by atoms with van der Waals surface area (Å²) in [5, 5.41) is 8.42. The van der Waals surface area contributed by atoms with Gasteiger partial charge in [0.1, 0.15) is 0 Å². The molecule has 0 unspecified atom stereocenters. The van der Waals surface area contributed by atoms with Gasteiger partial charge in [0.2, 0.25) is 10.0 Å². The Bertz CT molecular complexity index is 634. The summed E-state index contributed by atoms with van der Waals surface area (Å²) in [6, 6.07) is 5.85. The highest BCUT2D eigenvalue weighted by atomic mass is 32.2. The number of aromatic nitrogens is 2. The molecule has 0 aliphatic carbocycles. The van der Waals surface area contributed by atoms with E-state index in [2.05, 4.69) is 14.9 Å². The molecule has 1 aromatic carbocycles. The number of sulfonamides is 1. The Balaban J connectivity index is 2.24. The molecule has 0 aliphatic heterocycles. The van der Waals surface area contributed by atoms with E-state index < -0.39 is 10.0 Å². The number of aryl methyl sites for hydroxylation is 1. The summed E-state index contributed by atoms with van der Waals surface area (Å²) in [6.45, 7) is 1.92. The molecule has 2 rings (SSSR count). The van der Waals surface area contributed by atoms with Crippen LogP contribution in [0.15, 0.2) is 29.2 Å². The summed E-state index contributed by atoms with van der Waals surface area (Å²) in [4.78, 5) is 0.0879. The number of rotatable bonds is 4. The highest BCUT2D eigenvalue weighted by molar-refractivity contribution is 7.94. The molecular weight excluding hydrogens is 272 g/mol. The van der Waals surface area contributed by atoms with E-state index in [1.165, 1.54) is 24.3 Å². The van der Waals surface area contributed by atoms with Gasteiger partial charge in [-0.25, -0.2) is 8.42 Å². The second kappa shape index (κ2) is 4.91. The Morgan fingerprint density at radius 2 is 1.94 bits per heavy atom. The molecule has 2 aromatic rings. The maximum atomic E-state index is 11.9. The maximum absolute atomic E-state index is 11.9. The molecule has 0 saturated carbocycles. The lowest BCUT2D eigenvalue weighted by molar-refractivity contribution is 0.603. The van der Waals surface area contributed by atoms with Crippen molar-refractivity contribution < 1.29 is 8.42 Å². The minimum atomic E-state index is -3.75. The first-order valence-corrected chi connectivity index (χ1v) is 7.43. The van der Waals surface area contributed by atoms with Crippen LogP contribution in [0.2, 0.25) is 0 Å². The molecular formula is C10H11N4O2S2-. The molecule has 0 saturated heterocycles. The Hall–Kier alpha value is -1.67. The molecule has 0 amide bonds. The lowest BCUT2D eigenvalue weighted by Gasteiger charge is -2.10. The summed E-state index contributed by atoms with van der Waals surface area (Å²) in [5.74, 6) is 0. The average molecular weight is 283 g/mol. The molecule has 0 spiro atoms. The zero-order valence-corrected chi connectivity index (χ0v) is 11.2. The molecule has 0 bridgehead atoms. The van der Waals surface area contributed by atoms with Crippen molar-refractivity contribution in [2.24, 2.45) is 0 Å². The van der Waals surface area contributed by atoms with Crippen molar-refractivity contribution >= 4 is 32.2 Å². The van der Waals surface area contributed by atoms with Gasteiger partial charge in [0, 0.05) is 10.8 Å². The van der Waals surface area contributed by atoms with E-state index in [4.69, 9.17) is 5.73 Å². The summed E-state index contributed by atoms with van der Waals surface area (Å²) >= 11 is 1.16.